The molecule has 15 heavy (non-hydrogen) atoms. The maximum absolute atomic E-state index is 10.7. The van der Waals surface area contributed by atoms with Crippen LogP contribution in [0.3, 0.4) is 0 Å². The summed E-state index contributed by atoms with van der Waals surface area (Å²) in [7, 11) is 0. The van der Waals surface area contributed by atoms with Gasteiger partial charge in [0.2, 0.25) is 0 Å². The number of hydrogen-bond donors (Lipinski definition) is 2. The van der Waals surface area contributed by atoms with Gasteiger partial charge < -0.3 is 10.2 Å². The summed E-state index contributed by atoms with van der Waals surface area (Å²) in [6.07, 6.45) is 0.991. The first-order chi connectivity index (χ1) is 6.70. The minimum atomic E-state index is -1.28. The maximum atomic E-state index is 10.7. The molecule has 0 aromatic rings. The van der Waals surface area contributed by atoms with Crippen LogP contribution in [0.5, 0.6) is 0 Å². The Labute approximate surface area is 90.3 Å². The third kappa shape index (κ3) is 4.32. The van der Waals surface area contributed by atoms with Crippen molar-refractivity contribution in [3.63, 3.8) is 0 Å². The average Bonchev–Trinajstić information content (AvgIpc) is 2.01. The van der Waals surface area contributed by atoms with E-state index in [9.17, 15) is 9.59 Å². The second kappa shape index (κ2) is 5.14. The highest BCUT2D eigenvalue weighted by atomic mass is 16.4. The minimum Gasteiger partial charge on any atom is -0.481 e. The fraction of sp³-hybridized carbons (Fsp3) is 0.818. The molecule has 4 nitrogen and oxygen atoms in total. The Morgan fingerprint density at radius 2 is 1.53 bits per heavy atom. The molecule has 1 unspecified atom stereocenters. The highest BCUT2D eigenvalue weighted by molar-refractivity contribution is 5.92. The van der Waals surface area contributed by atoms with Crippen LogP contribution in [0.1, 0.15) is 40.5 Å². The lowest BCUT2D eigenvalue weighted by atomic mass is 9.74. The largest absolute Gasteiger partial charge is 0.481 e. The molecule has 0 rings (SSSR count). The first kappa shape index (κ1) is 13.9. The molecule has 2 N–H and O–H groups in total. The fourth-order valence-electron chi connectivity index (χ4n) is 1.72. The summed E-state index contributed by atoms with van der Waals surface area (Å²) >= 11 is 0. The molecule has 0 saturated carbocycles. The second-order valence-corrected chi connectivity index (χ2v) is 4.94. The average molecular weight is 216 g/mol. The van der Waals surface area contributed by atoms with E-state index in [0.29, 0.717) is 0 Å². The number of hydrogen-bond acceptors (Lipinski definition) is 2. The van der Waals surface area contributed by atoms with Crippen molar-refractivity contribution in [1.29, 1.82) is 0 Å². The van der Waals surface area contributed by atoms with Gasteiger partial charge in [0, 0.05) is 0 Å². The molecular weight excluding hydrogens is 196 g/mol. The summed E-state index contributed by atoms with van der Waals surface area (Å²) in [6.45, 7) is 7.96. The van der Waals surface area contributed by atoms with Gasteiger partial charge in [-0.15, -0.1) is 0 Å². The van der Waals surface area contributed by atoms with Gasteiger partial charge in [-0.25, -0.2) is 0 Å². The van der Waals surface area contributed by atoms with Gasteiger partial charge in [-0.2, -0.15) is 0 Å². The maximum Gasteiger partial charge on any atom is 0.317 e. The SMILES string of the molecule is CCC(CC(C(=O)O)C(=O)O)C(C)(C)C. The van der Waals surface area contributed by atoms with Gasteiger partial charge in [-0.3, -0.25) is 9.59 Å². The van der Waals surface area contributed by atoms with Crippen molar-refractivity contribution in [3.8, 4) is 0 Å². The summed E-state index contributed by atoms with van der Waals surface area (Å²) in [5.41, 5.74) is -0.0576. The van der Waals surface area contributed by atoms with Crippen molar-refractivity contribution in [1.82, 2.24) is 0 Å². The molecule has 4 heteroatoms. The van der Waals surface area contributed by atoms with E-state index in [4.69, 9.17) is 10.2 Å². The molecular formula is C11H20O4. The molecule has 0 radical (unpaired) electrons. The molecule has 0 aliphatic carbocycles. The molecule has 0 amide bonds. The fourth-order valence-corrected chi connectivity index (χ4v) is 1.72. The number of carboxylic acid groups (broad SMARTS) is 2. The third-order valence-electron chi connectivity index (χ3n) is 2.83. The normalized spacial score (nSPS) is 13.9. The van der Waals surface area contributed by atoms with E-state index in [-0.39, 0.29) is 17.8 Å². The van der Waals surface area contributed by atoms with Crippen LogP contribution in [-0.2, 0) is 9.59 Å². The van der Waals surface area contributed by atoms with Gasteiger partial charge in [0.1, 0.15) is 0 Å². The molecule has 0 aliphatic rings. The zero-order chi connectivity index (χ0) is 12.2. The minimum absolute atomic E-state index is 0.0576. The van der Waals surface area contributed by atoms with Gasteiger partial charge in [0.25, 0.3) is 0 Å². The molecule has 0 aliphatic heterocycles. The van der Waals surface area contributed by atoms with Crippen LogP contribution in [0, 0.1) is 17.3 Å². The smallest absolute Gasteiger partial charge is 0.317 e. The van der Waals surface area contributed by atoms with Crippen molar-refractivity contribution < 1.29 is 19.8 Å². The van der Waals surface area contributed by atoms with E-state index in [1.165, 1.54) is 0 Å². The van der Waals surface area contributed by atoms with Crippen molar-refractivity contribution >= 4 is 11.9 Å². The zero-order valence-electron chi connectivity index (χ0n) is 9.78. The molecule has 0 bridgehead atoms. The van der Waals surface area contributed by atoms with E-state index in [0.717, 1.165) is 6.42 Å². The van der Waals surface area contributed by atoms with Crippen LogP contribution < -0.4 is 0 Å². The van der Waals surface area contributed by atoms with Gasteiger partial charge in [0.15, 0.2) is 5.92 Å². The first-order valence-corrected chi connectivity index (χ1v) is 5.15. The van der Waals surface area contributed by atoms with Gasteiger partial charge >= 0.3 is 11.9 Å². The lowest BCUT2D eigenvalue weighted by Gasteiger charge is -2.30. The van der Waals surface area contributed by atoms with Gasteiger partial charge in [-0.05, 0) is 17.8 Å². The lowest BCUT2D eigenvalue weighted by molar-refractivity contribution is -0.155. The van der Waals surface area contributed by atoms with Crippen molar-refractivity contribution in [2.45, 2.75) is 40.5 Å². The van der Waals surface area contributed by atoms with Crippen molar-refractivity contribution in [2.75, 3.05) is 0 Å². The summed E-state index contributed by atoms with van der Waals surface area (Å²) in [4.78, 5) is 21.5. The highest BCUT2D eigenvalue weighted by Crippen LogP contribution is 2.33. The highest BCUT2D eigenvalue weighted by Gasteiger charge is 2.33. The summed E-state index contributed by atoms with van der Waals surface area (Å²) in [5.74, 6) is -3.67. The Kier molecular flexibility index (Phi) is 4.78. The molecule has 88 valence electrons. The van der Waals surface area contributed by atoms with Crippen LogP contribution in [0.25, 0.3) is 0 Å². The van der Waals surface area contributed by atoms with Crippen LogP contribution in [0.4, 0.5) is 0 Å². The first-order valence-electron chi connectivity index (χ1n) is 5.15. The number of rotatable bonds is 5. The number of aliphatic carboxylic acids is 2. The zero-order valence-corrected chi connectivity index (χ0v) is 9.78. The third-order valence-corrected chi connectivity index (χ3v) is 2.83. The number of carboxylic acids is 2. The van der Waals surface area contributed by atoms with E-state index >= 15 is 0 Å². The molecule has 0 saturated heterocycles. The van der Waals surface area contributed by atoms with Gasteiger partial charge in [0.05, 0.1) is 0 Å². The van der Waals surface area contributed by atoms with Crippen LogP contribution in [-0.4, -0.2) is 22.2 Å². The summed E-state index contributed by atoms with van der Waals surface area (Å²) < 4.78 is 0. The second-order valence-electron chi connectivity index (χ2n) is 4.94. The molecule has 0 spiro atoms. The lowest BCUT2D eigenvalue weighted by Crippen LogP contribution is -2.30. The Bertz CT molecular complexity index is 225. The standard InChI is InChI=1S/C11H20O4/c1-5-7(11(2,3)4)6-8(9(12)13)10(14)15/h7-8H,5-6H2,1-4H3,(H,12,13)(H,14,15). The molecule has 0 heterocycles. The predicted molar refractivity (Wildman–Crippen MR) is 56.6 cm³/mol. The van der Waals surface area contributed by atoms with E-state index in [1.807, 2.05) is 27.7 Å². The predicted octanol–water partition coefficient (Wildman–Crippen LogP) is 2.23. The number of carbonyl (C=O) groups is 2. The van der Waals surface area contributed by atoms with Crippen molar-refractivity contribution in [2.24, 2.45) is 17.3 Å². The molecule has 0 fully saturated rings. The Morgan fingerprint density at radius 1 is 1.13 bits per heavy atom. The van der Waals surface area contributed by atoms with Crippen molar-refractivity contribution in [3.05, 3.63) is 0 Å². The van der Waals surface area contributed by atoms with Crippen LogP contribution >= 0.6 is 0 Å². The Morgan fingerprint density at radius 3 is 1.73 bits per heavy atom. The quantitative estimate of drug-likeness (QED) is 0.691. The van der Waals surface area contributed by atoms with E-state index in [1.54, 1.807) is 0 Å². The van der Waals surface area contributed by atoms with E-state index in [2.05, 4.69) is 0 Å². The Balaban J connectivity index is 4.65. The molecule has 0 aromatic carbocycles. The van der Waals surface area contributed by atoms with Crippen LogP contribution in [0.2, 0.25) is 0 Å². The van der Waals surface area contributed by atoms with Crippen LogP contribution in [0.15, 0.2) is 0 Å². The monoisotopic (exact) mass is 216 g/mol. The molecule has 1 atom stereocenters. The topological polar surface area (TPSA) is 74.6 Å². The van der Waals surface area contributed by atoms with E-state index < -0.39 is 17.9 Å². The van der Waals surface area contributed by atoms with Gasteiger partial charge in [-0.1, -0.05) is 34.1 Å². The molecule has 0 aromatic heterocycles. The summed E-state index contributed by atoms with van der Waals surface area (Å²) in [5, 5.41) is 17.5. The Hall–Kier alpha value is -1.06. The summed E-state index contributed by atoms with van der Waals surface area (Å²) in [6, 6.07) is 0.